The highest BCUT2D eigenvalue weighted by Crippen LogP contribution is 2.48. The van der Waals surface area contributed by atoms with Gasteiger partial charge in [0, 0.05) is 24.5 Å². The molecule has 0 aromatic carbocycles. The molecule has 2 saturated carbocycles. The van der Waals surface area contributed by atoms with Crippen LogP contribution in [0.4, 0.5) is 0 Å². The van der Waals surface area contributed by atoms with Gasteiger partial charge in [-0.2, -0.15) is 0 Å². The number of amides is 1. The van der Waals surface area contributed by atoms with E-state index in [0.29, 0.717) is 29.8 Å². The maximum absolute atomic E-state index is 12.5. The fraction of sp³-hybridized carbons (Fsp3) is 0.938. The number of hydrogen-bond donors (Lipinski definition) is 1. The smallest absolute Gasteiger partial charge is 0.223 e. The second-order valence-electron chi connectivity index (χ2n) is 7.28. The van der Waals surface area contributed by atoms with E-state index in [-0.39, 0.29) is 0 Å². The zero-order valence-electron chi connectivity index (χ0n) is 11.8. The molecule has 2 aliphatic carbocycles. The molecule has 0 aromatic rings. The van der Waals surface area contributed by atoms with Crippen molar-refractivity contribution < 1.29 is 4.79 Å². The molecule has 106 valence electrons. The first-order valence-corrected chi connectivity index (χ1v) is 8.35. The van der Waals surface area contributed by atoms with Crippen LogP contribution in [0.1, 0.15) is 51.4 Å². The van der Waals surface area contributed by atoms with Gasteiger partial charge in [0.05, 0.1) is 0 Å². The number of carbonyl (C=O) groups is 1. The quantitative estimate of drug-likeness (QED) is 0.827. The van der Waals surface area contributed by atoms with Gasteiger partial charge in [-0.05, 0) is 56.9 Å². The summed E-state index contributed by atoms with van der Waals surface area (Å²) in [5.41, 5.74) is 0. The van der Waals surface area contributed by atoms with Crippen LogP contribution in [0.15, 0.2) is 0 Å². The number of nitrogens with zero attached hydrogens (tertiary/aromatic N) is 1. The van der Waals surface area contributed by atoms with Crippen LogP contribution in [-0.4, -0.2) is 36.0 Å². The van der Waals surface area contributed by atoms with Crippen LogP contribution in [-0.2, 0) is 4.79 Å². The molecule has 2 saturated heterocycles. The first-order valence-electron chi connectivity index (χ1n) is 8.35. The molecule has 1 amide bonds. The number of carbonyl (C=O) groups excluding carboxylic acids is 1. The number of nitrogens with one attached hydrogen (secondary N) is 1. The molecule has 0 spiro atoms. The van der Waals surface area contributed by atoms with Gasteiger partial charge in [0.2, 0.25) is 5.91 Å². The van der Waals surface area contributed by atoms with Crippen molar-refractivity contribution in [2.24, 2.45) is 17.8 Å². The van der Waals surface area contributed by atoms with E-state index < -0.39 is 0 Å². The Labute approximate surface area is 116 Å². The lowest BCUT2D eigenvalue weighted by molar-refractivity contribution is -0.127. The molecule has 4 rings (SSSR count). The summed E-state index contributed by atoms with van der Waals surface area (Å²) in [6.45, 7) is 2.46. The molecular weight excluding hydrogens is 236 g/mol. The second kappa shape index (κ2) is 4.76. The third kappa shape index (κ3) is 2.10. The van der Waals surface area contributed by atoms with Crippen molar-refractivity contribution in [1.29, 1.82) is 0 Å². The molecule has 3 heteroatoms. The van der Waals surface area contributed by atoms with Crippen molar-refractivity contribution in [3.8, 4) is 0 Å². The van der Waals surface area contributed by atoms with Gasteiger partial charge in [-0.1, -0.05) is 12.8 Å². The topological polar surface area (TPSA) is 32.3 Å². The predicted octanol–water partition coefficient (Wildman–Crippen LogP) is 2.17. The Morgan fingerprint density at radius 1 is 1.00 bits per heavy atom. The van der Waals surface area contributed by atoms with E-state index >= 15 is 0 Å². The minimum atomic E-state index is 0.358. The monoisotopic (exact) mass is 262 g/mol. The summed E-state index contributed by atoms with van der Waals surface area (Å²) in [5.74, 6) is 2.34. The zero-order valence-corrected chi connectivity index (χ0v) is 11.8. The molecule has 2 heterocycles. The molecule has 1 N–H and O–H groups in total. The average Bonchev–Trinajstić information content (AvgIpc) is 3.14. The number of fused-ring (bicyclic) bond motifs is 3. The van der Waals surface area contributed by atoms with Gasteiger partial charge in [-0.3, -0.25) is 9.69 Å². The third-order valence-corrected chi connectivity index (χ3v) is 6.26. The van der Waals surface area contributed by atoms with Gasteiger partial charge in [0.25, 0.3) is 0 Å². The summed E-state index contributed by atoms with van der Waals surface area (Å²) in [5, 5.41) is 3.42. The van der Waals surface area contributed by atoms with E-state index in [1.807, 2.05) is 0 Å². The van der Waals surface area contributed by atoms with Crippen LogP contribution in [0.5, 0.6) is 0 Å². The molecule has 0 radical (unpaired) electrons. The summed E-state index contributed by atoms with van der Waals surface area (Å²) in [6, 6.07) is 1.10. The van der Waals surface area contributed by atoms with Gasteiger partial charge < -0.3 is 5.32 Å². The Bertz CT molecular complexity index is 370. The zero-order chi connectivity index (χ0) is 12.8. The van der Waals surface area contributed by atoms with Crippen LogP contribution in [0.2, 0.25) is 0 Å². The van der Waals surface area contributed by atoms with Crippen molar-refractivity contribution in [3.05, 3.63) is 0 Å². The minimum absolute atomic E-state index is 0.358. The first kappa shape index (κ1) is 12.2. The minimum Gasteiger partial charge on any atom is -0.351 e. The maximum atomic E-state index is 12.5. The van der Waals surface area contributed by atoms with Crippen LogP contribution in [0.25, 0.3) is 0 Å². The largest absolute Gasteiger partial charge is 0.351 e. The molecule has 4 fully saturated rings. The number of hydrogen-bond acceptors (Lipinski definition) is 2. The summed E-state index contributed by atoms with van der Waals surface area (Å²) >= 11 is 0. The van der Waals surface area contributed by atoms with Gasteiger partial charge in [0.1, 0.15) is 0 Å². The van der Waals surface area contributed by atoms with Crippen molar-refractivity contribution in [2.75, 3.05) is 13.1 Å². The van der Waals surface area contributed by atoms with Gasteiger partial charge in [-0.25, -0.2) is 0 Å². The normalized spacial score (nSPS) is 45.4. The lowest BCUT2D eigenvalue weighted by Gasteiger charge is -2.33. The Hall–Kier alpha value is -0.570. The molecule has 0 aromatic heterocycles. The molecule has 3 nitrogen and oxygen atoms in total. The van der Waals surface area contributed by atoms with Crippen LogP contribution < -0.4 is 5.32 Å². The fourth-order valence-electron chi connectivity index (χ4n) is 5.27. The maximum Gasteiger partial charge on any atom is 0.223 e. The van der Waals surface area contributed by atoms with Gasteiger partial charge in [-0.15, -0.1) is 0 Å². The van der Waals surface area contributed by atoms with E-state index in [0.717, 1.165) is 5.92 Å². The Balaban J connectivity index is 1.37. The summed E-state index contributed by atoms with van der Waals surface area (Å²) in [6.07, 6.45) is 10.4. The Morgan fingerprint density at radius 2 is 1.95 bits per heavy atom. The van der Waals surface area contributed by atoms with Crippen molar-refractivity contribution in [1.82, 2.24) is 10.2 Å². The van der Waals surface area contributed by atoms with Gasteiger partial charge in [0.15, 0.2) is 0 Å². The third-order valence-electron chi connectivity index (χ3n) is 6.26. The predicted molar refractivity (Wildman–Crippen MR) is 74.7 cm³/mol. The lowest BCUT2D eigenvalue weighted by Crippen LogP contribution is -2.48. The Morgan fingerprint density at radius 3 is 2.74 bits per heavy atom. The summed E-state index contributed by atoms with van der Waals surface area (Å²) in [7, 11) is 0. The van der Waals surface area contributed by atoms with E-state index in [4.69, 9.17) is 0 Å². The van der Waals surface area contributed by atoms with Crippen molar-refractivity contribution in [2.45, 2.75) is 63.5 Å². The Kier molecular flexibility index (Phi) is 3.06. The molecular formula is C16H26N2O. The highest BCUT2D eigenvalue weighted by molar-refractivity contribution is 5.80. The summed E-state index contributed by atoms with van der Waals surface area (Å²) in [4.78, 5) is 15.1. The molecule has 2 bridgehead atoms. The molecule has 4 aliphatic rings. The van der Waals surface area contributed by atoms with E-state index in [1.54, 1.807) is 0 Å². The first-order chi connectivity index (χ1) is 9.31. The van der Waals surface area contributed by atoms with E-state index in [9.17, 15) is 4.79 Å². The number of rotatable bonds is 2. The standard InChI is InChI=1S/C16H26N2O/c19-16(13-10-11-4-5-12(13)9-11)17-14-6-8-18-7-2-1-3-15(14)18/h11-15H,1-10H2,(H,17,19)/t11-,12-,13+,14+,15+/m0/s1. The SMILES string of the molecule is O=C(N[C@@H]1CCN2CCCC[C@H]12)[C@@H]1C[C@H]2CC[C@H]1C2. The lowest BCUT2D eigenvalue weighted by atomic mass is 9.87. The van der Waals surface area contributed by atoms with E-state index in [1.165, 1.54) is 64.5 Å². The molecule has 2 aliphatic heterocycles. The summed E-state index contributed by atoms with van der Waals surface area (Å²) < 4.78 is 0. The van der Waals surface area contributed by atoms with Crippen LogP contribution >= 0.6 is 0 Å². The highest BCUT2D eigenvalue weighted by Gasteiger charge is 2.44. The fourth-order valence-corrected chi connectivity index (χ4v) is 5.27. The molecule has 19 heavy (non-hydrogen) atoms. The van der Waals surface area contributed by atoms with Crippen molar-refractivity contribution in [3.63, 3.8) is 0 Å². The average molecular weight is 262 g/mol. The second-order valence-corrected chi connectivity index (χ2v) is 7.28. The van der Waals surface area contributed by atoms with Crippen LogP contribution in [0, 0.1) is 17.8 Å². The molecule has 0 unspecified atom stereocenters. The van der Waals surface area contributed by atoms with Crippen LogP contribution in [0.3, 0.4) is 0 Å². The molecule has 5 atom stereocenters. The van der Waals surface area contributed by atoms with Gasteiger partial charge >= 0.3 is 0 Å². The van der Waals surface area contributed by atoms with E-state index in [2.05, 4.69) is 10.2 Å². The highest BCUT2D eigenvalue weighted by atomic mass is 16.2. The number of piperidine rings is 1. The van der Waals surface area contributed by atoms with Crippen molar-refractivity contribution >= 4 is 5.91 Å².